The minimum atomic E-state index is -3.38. The van der Waals surface area contributed by atoms with Gasteiger partial charge in [0.25, 0.3) is 10.2 Å². The van der Waals surface area contributed by atoms with Crippen LogP contribution in [0, 0.1) is 13.8 Å². The molecule has 2 aromatic rings. The van der Waals surface area contributed by atoms with E-state index in [0.717, 1.165) is 30.7 Å². The summed E-state index contributed by atoms with van der Waals surface area (Å²) in [6.07, 6.45) is 2.70. The van der Waals surface area contributed by atoms with Crippen molar-refractivity contribution in [1.29, 1.82) is 0 Å². The van der Waals surface area contributed by atoms with Gasteiger partial charge in [-0.15, -0.1) is 0 Å². The Morgan fingerprint density at radius 1 is 1.19 bits per heavy atom. The maximum atomic E-state index is 12.5. The second kappa shape index (κ2) is 8.09. The van der Waals surface area contributed by atoms with Gasteiger partial charge in [-0.3, -0.25) is 4.98 Å². The van der Waals surface area contributed by atoms with E-state index in [1.54, 1.807) is 18.4 Å². The van der Waals surface area contributed by atoms with E-state index in [-0.39, 0.29) is 5.92 Å². The molecule has 3 rings (SSSR count). The molecule has 0 aliphatic carbocycles. The van der Waals surface area contributed by atoms with Crippen LogP contribution in [-0.2, 0) is 16.6 Å². The topological polar surface area (TPSA) is 53.5 Å². The fourth-order valence-electron chi connectivity index (χ4n) is 3.73. The first-order chi connectivity index (χ1) is 12.8. The summed E-state index contributed by atoms with van der Waals surface area (Å²) in [6, 6.07) is 12.7. The number of benzene rings is 1. The highest BCUT2D eigenvalue weighted by molar-refractivity contribution is 7.86. The fourth-order valence-corrected chi connectivity index (χ4v) is 4.92. The first-order valence-corrected chi connectivity index (χ1v) is 10.9. The lowest BCUT2D eigenvalue weighted by Gasteiger charge is -2.33. The zero-order valence-electron chi connectivity index (χ0n) is 16.6. The van der Waals surface area contributed by atoms with E-state index in [9.17, 15) is 8.42 Å². The quantitative estimate of drug-likeness (QED) is 0.791. The van der Waals surface area contributed by atoms with E-state index in [1.165, 1.54) is 21.0 Å². The third-order valence-electron chi connectivity index (χ3n) is 5.28. The Labute approximate surface area is 163 Å². The molecular weight excluding hydrogens is 358 g/mol. The zero-order valence-corrected chi connectivity index (χ0v) is 17.5. The molecule has 0 N–H and O–H groups in total. The molecule has 0 saturated carbocycles. The van der Waals surface area contributed by atoms with Gasteiger partial charge in [-0.05, 0) is 61.9 Å². The van der Waals surface area contributed by atoms with Crippen molar-refractivity contribution in [2.45, 2.75) is 39.0 Å². The summed E-state index contributed by atoms with van der Waals surface area (Å²) in [6.45, 7) is 5.23. The zero-order chi connectivity index (χ0) is 19.6. The van der Waals surface area contributed by atoms with E-state index in [4.69, 9.17) is 4.98 Å². The molecule has 146 valence electrons. The predicted molar refractivity (Wildman–Crippen MR) is 109 cm³/mol. The van der Waals surface area contributed by atoms with Gasteiger partial charge in [-0.25, -0.2) is 0 Å². The molecule has 2 heterocycles. The minimum Gasteiger partial charge on any atom is -0.258 e. The normalized spacial score (nSPS) is 18.8. The minimum absolute atomic E-state index is 0.143. The molecule has 0 radical (unpaired) electrons. The van der Waals surface area contributed by atoms with Crippen LogP contribution in [0.4, 0.5) is 0 Å². The molecule has 0 amide bonds. The van der Waals surface area contributed by atoms with Crippen LogP contribution in [0.1, 0.15) is 46.8 Å². The summed E-state index contributed by atoms with van der Waals surface area (Å²) in [4.78, 5) is 4.75. The number of nitrogens with zero attached hydrogens (tertiary/aromatic N) is 3. The van der Waals surface area contributed by atoms with Gasteiger partial charge in [-0.2, -0.15) is 17.0 Å². The Kier molecular flexibility index (Phi) is 5.99. The lowest BCUT2D eigenvalue weighted by Crippen LogP contribution is -2.45. The number of aromatic nitrogens is 1. The summed E-state index contributed by atoms with van der Waals surface area (Å²) in [5.41, 5.74) is 5.84. The Bertz CT molecular complexity index is 909. The summed E-state index contributed by atoms with van der Waals surface area (Å²) < 4.78 is 27.9. The molecule has 1 saturated heterocycles. The van der Waals surface area contributed by atoms with E-state index in [0.29, 0.717) is 13.1 Å². The van der Waals surface area contributed by atoms with E-state index >= 15 is 0 Å². The van der Waals surface area contributed by atoms with Crippen molar-refractivity contribution < 1.29 is 8.42 Å². The molecular formula is C21H29N3O2S. The van der Waals surface area contributed by atoms with Gasteiger partial charge in [0.2, 0.25) is 0 Å². The van der Waals surface area contributed by atoms with Gasteiger partial charge in [0.05, 0.1) is 0 Å². The van der Waals surface area contributed by atoms with Gasteiger partial charge < -0.3 is 0 Å². The van der Waals surface area contributed by atoms with Gasteiger partial charge >= 0.3 is 0 Å². The SMILES string of the molecule is Cc1cc(Cc2ccccc2C)cc([C@@H]2CCCN(S(=O)(=O)N(C)C)C2)n1. The van der Waals surface area contributed by atoms with Crippen molar-refractivity contribution in [3.63, 3.8) is 0 Å². The summed E-state index contributed by atoms with van der Waals surface area (Å²) in [5.74, 6) is 0.143. The van der Waals surface area contributed by atoms with Crippen LogP contribution in [-0.4, -0.2) is 49.2 Å². The molecule has 1 atom stereocenters. The number of hydrogen-bond donors (Lipinski definition) is 0. The molecule has 1 fully saturated rings. The molecule has 27 heavy (non-hydrogen) atoms. The molecule has 0 unspecified atom stereocenters. The number of hydrogen-bond acceptors (Lipinski definition) is 3. The average molecular weight is 388 g/mol. The fraction of sp³-hybridized carbons (Fsp3) is 0.476. The molecule has 0 bridgehead atoms. The number of rotatable bonds is 5. The summed E-state index contributed by atoms with van der Waals surface area (Å²) >= 11 is 0. The van der Waals surface area contributed by atoms with Crippen molar-refractivity contribution in [1.82, 2.24) is 13.6 Å². The second-order valence-corrected chi connectivity index (χ2v) is 9.77. The van der Waals surface area contributed by atoms with E-state index in [2.05, 4.69) is 43.3 Å². The van der Waals surface area contributed by atoms with Crippen molar-refractivity contribution in [3.05, 3.63) is 64.5 Å². The third-order valence-corrected chi connectivity index (χ3v) is 7.19. The lowest BCUT2D eigenvalue weighted by molar-refractivity contribution is 0.296. The number of aryl methyl sites for hydroxylation is 2. The molecule has 1 aromatic heterocycles. The second-order valence-electron chi connectivity index (χ2n) is 7.63. The highest BCUT2D eigenvalue weighted by Gasteiger charge is 2.31. The summed E-state index contributed by atoms with van der Waals surface area (Å²) in [5, 5.41) is 0. The molecule has 1 aliphatic heterocycles. The van der Waals surface area contributed by atoms with Gasteiger partial charge in [-0.1, -0.05) is 24.3 Å². The first-order valence-electron chi connectivity index (χ1n) is 9.47. The monoisotopic (exact) mass is 387 g/mol. The summed E-state index contributed by atoms with van der Waals surface area (Å²) in [7, 11) is -0.201. The van der Waals surface area contributed by atoms with Crippen LogP contribution < -0.4 is 0 Å². The Morgan fingerprint density at radius 3 is 2.63 bits per heavy atom. The molecule has 6 heteroatoms. The van der Waals surface area contributed by atoms with Crippen molar-refractivity contribution in [3.8, 4) is 0 Å². The van der Waals surface area contributed by atoms with Crippen LogP contribution in [0.25, 0.3) is 0 Å². The molecule has 0 spiro atoms. The average Bonchev–Trinajstić information content (AvgIpc) is 2.63. The van der Waals surface area contributed by atoms with Crippen molar-refractivity contribution >= 4 is 10.2 Å². The Hall–Kier alpha value is -1.76. The van der Waals surface area contributed by atoms with E-state index in [1.807, 2.05) is 6.92 Å². The van der Waals surface area contributed by atoms with Crippen LogP contribution in [0.2, 0.25) is 0 Å². The van der Waals surface area contributed by atoms with Crippen LogP contribution in [0.3, 0.4) is 0 Å². The maximum absolute atomic E-state index is 12.5. The van der Waals surface area contributed by atoms with Gasteiger partial charge in [0.15, 0.2) is 0 Å². The number of pyridine rings is 1. The standard InChI is InChI=1S/C21H29N3O2S/c1-16-8-5-6-9-19(16)13-18-12-17(2)22-21(14-18)20-10-7-11-24(15-20)27(25,26)23(3)4/h5-6,8-9,12,14,20H,7,10-11,13,15H2,1-4H3/t20-/m1/s1. The van der Waals surface area contributed by atoms with Gasteiger partial charge in [0, 0.05) is 44.5 Å². The van der Waals surface area contributed by atoms with Crippen molar-refractivity contribution in [2.24, 2.45) is 0 Å². The Morgan fingerprint density at radius 2 is 1.93 bits per heavy atom. The van der Waals surface area contributed by atoms with Crippen LogP contribution in [0.5, 0.6) is 0 Å². The lowest BCUT2D eigenvalue weighted by atomic mass is 9.93. The van der Waals surface area contributed by atoms with E-state index < -0.39 is 10.2 Å². The predicted octanol–water partition coefficient (Wildman–Crippen LogP) is 3.28. The molecule has 1 aromatic carbocycles. The maximum Gasteiger partial charge on any atom is 0.281 e. The highest BCUT2D eigenvalue weighted by atomic mass is 32.2. The first kappa shape index (κ1) is 20.0. The Balaban J connectivity index is 1.84. The molecule has 5 nitrogen and oxygen atoms in total. The highest BCUT2D eigenvalue weighted by Crippen LogP contribution is 2.29. The van der Waals surface area contributed by atoms with Crippen LogP contribution in [0.15, 0.2) is 36.4 Å². The smallest absolute Gasteiger partial charge is 0.258 e. The third kappa shape index (κ3) is 4.57. The van der Waals surface area contributed by atoms with Crippen LogP contribution >= 0.6 is 0 Å². The molecule has 1 aliphatic rings. The number of piperidine rings is 1. The van der Waals surface area contributed by atoms with Crippen molar-refractivity contribution in [2.75, 3.05) is 27.2 Å². The largest absolute Gasteiger partial charge is 0.281 e. The van der Waals surface area contributed by atoms with Gasteiger partial charge in [0.1, 0.15) is 0 Å².